The molecule has 6 atom stereocenters. The molecule has 3 fully saturated rings. The second-order valence-electron chi connectivity index (χ2n) is 9.15. The summed E-state index contributed by atoms with van der Waals surface area (Å²) in [5.41, 5.74) is 1.74. The minimum Gasteiger partial charge on any atom is -0.462 e. The number of ketones is 1. The maximum absolute atomic E-state index is 12.4. The van der Waals surface area contributed by atoms with Crippen LogP contribution in [0.2, 0.25) is 0 Å². The van der Waals surface area contributed by atoms with Crippen molar-refractivity contribution in [1.82, 2.24) is 0 Å². The van der Waals surface area contributed by atoms with Crippen LogP contribution in [-0.4, -0.2) is 17.9 Å². The molecule has 0 N–H and O–H groups in total. The Morgan fingerprint density at radius 2 is 1.83 bits per heavy atom. The van der Waals surface area contributed by atoms with Crippen LogP contribution in [0, 0.1) is 28.6 Å². The van der Waals surface area contributed by atoms with Gasteiger partial charge in [-0.05, 0) is 61.7 Å². The van der Waals surface area contributed by atoms with E-state index in [2.05, 4.69) is 19.9 Å². The first-order valence-corrected chi connectivity index (χ1v) is 9.74. The van der Waals surface area contributed by atoms with E-state index in [1.807, 2.05) is 0 Å². The molecule has 0 aliphatic heterocycles. The van der Waals surface area contributed by atoms with Gasteiger partial charge < -0.3 is 4.74 Å². The highest BCUT2D eigenvalue weighted by Crippen LogP contribution is 2.64. The Hall–Kier alpha value is -1.12. The van der Waals surface area contributed by atoms with E-state index in [1.54, 1.807) is 0 Å². The number of hydrogen-bond acceptors (Lipinski definition) is 3. The summed E-state index contributed by atoms with van der Waals surface area (Å²) >= 11 is 0. The third-order valence-corrected chi connectivity index (χ3v) is 8.10. The molecule has 0 bridgehead atoms. The number of esters is 1. The molecule has 0 radical (unpaired) electrons. The Morgan fingerprint density at radius 1 is 1.12 bits per heavy atom. The van der Waals surface area contributed by atoms with Gasteiger partial charge in [-0.1, -0.05) is 25.5 Å². The van der Waals surface area contributed by atoms with Crippen molar-refractivity contribution >= 4 is 11.8 Å². The fourth-order valence-electron chi connectivity index (χ4n) is 6.73. The third kappa shape index (κ3) is 2.23. The van der Waals surface area contributed by atoms with Crippen molar-refractivity contribution < 1.29 is 14.3 Å². The lowest BCUT2D eigenvalue weighted by molar-refractivity contribution is -0.148. The van der Waals surface area contributed by atoms with E-state index in [4.69, 9.17) is 4.74 Å². The van der Waals surface area contributed by atoms with Crippen molar-refractivity contribution in [2.24, 2.45) is 28.6 Å². The van der Waals surface area contributed by atoms with Gasteiger partial charge >= 0.3 is 5.97 Å². The van der Waals surface area contributed by atoms with E-state index < -0.39 is 0 Å². The molecule has 4 aliphatic carbocycles. The summed E-state index contributed by atoms with van der Waals surface area (Å²) in [6.45, 7) is 6.19. The monoisotopic (exact) mass is 330 g/mol. The lowest BCUT2D eigenvalue weighted by Crippen LogP contribution is -2.50. The van der Waals surface area contributed by atoms with Crippen LogP contribution in [0.5, 0.6) is 0 Å². The van der Waals surface area contributed by atoms with Crippen LogP contribution in [0.4, 0.5) is 0 Å². The lowest BCUT2D eigenvalue weighted by Gasteiger charge is -2.56. The molecule has 132 valence electrons. The minimum atomic E-state index is -0.157. The van der Waals surface area contributed by atoms with Gasteiger partial charge in [0.25, 0.3) is 0 Å². The van der Waals surface area contributed by atoms with Crippen LogP contribution < -0.4 is 0 Å². The molecular weight excluding hydrogens is 300 g/mol. The molecule has 24 heavy (non-hydrogen) atoms. The minimum absolute atomic E-state index is 0.0438. The van der Waals surface area contributed by atoms with Crippen molar-refractivity contribution in [2.45, 2.75) is 78.2 Å². The van der Waals surface area contributed by atoms with Crippen molar-refractivity contribution in [2.75, 3.05) is 0 Å². The molecule has 0 aromatic rings. The second-order valence-corrected chi connectivity index (χ2v) is 9.15. The molecule has 3 nitrogen and oxygen atoms in total. The summed E-state index contributed by atoms with van der Waals surface area (Å²) < 4.78 is 5.50. The molecule has 0 unspecified atom stereocenters. The molecule has 0 heterocycles. The Kier molecular flexibility index (Phi) is 3.71. The van der Waals surface area contributed by atoms with Crippen LogP contribution in [0.15, 0.2) is 11.6 Å². The Balaban J connectivity index is 1.60. The smallest absolute Gasteiger partial charge is 0.302 e. The van der Waals surface area contributed by atoms with E-state index >= 15 is 0 Å². The lowest BCUT2D eigenvalue weighted by atomic mass is 9.48. The highest BCUT2D eigenvalue weighted by atomic mass is 16.5. The van der Waals surface area contributed by atoms with E-state index in [9.17, 15) is 9.59 Å². The summed E-state index contributed by atoms with van der Waals surface area (Å²) in [4.78, 5) is 23.7. The highest BCUT2D eigenvalue weighted by molar-refractivity contribution is 5.87. The first kappa shape index (κ1) is 16.4. The SMILES string of the molecule is CC(=O)O[C@@H]1CC[C@]2(C)C(=CC[C@H]3[C@H]4CCC(=O)[C@]4(C)CC[C@H]32)C1. The van der Waals surface area contributed by atoms with Crippen LogP contribution in [-0.2, 0) is 14.3 Å². The average Bonchev–Trinajstić information content (AvgIpc) is 2.83. The van der Waals surface area contributed by atoms with Gasteiger partial charge in [-0.3, -0.25) is 9.59 Å². The Bertz CT molecular complexity index is 606. The van der Waals surface area contributed by atoms with Gasteiger partial charge in [-0.15, -0.1) is 0 Å². The molecule has 0 saturated heterocycles. The van der Waals surface area contributed by atoms with Gasteiger partial charge in [-0.25, -0.2) is 0 Å². The van der Waals surface area contributed by atoms with Gasteiger partial charge in [-0.2, -0.15) is 0 Å². The molecule has 4 rings (SSSR count). The van der Waals surface area contributed by atoms with Crippen molar-refractivity contribution in [1.29, 1.82) is 0 Å². The van der Waals surface area contributed by atoms with Gasteiger partial charge in [0.05, 0.1) is 0 Å². The molecule has 0 aromatic carbocycles. The maximum Gasteiger partial charge on any atom is 0.302 e. The standard InChI is InChI=1S/C21H30O3/c1-13(22)24-15-8-10-20(2)14(12-15)4-5-16-17-6-7-19(23)21(17,3)11-9-18(16)20/h4,15-18H,5-12H2,1-3H3/t15-,16+,17-,18-,20-,21-/m1/s1. The summed E-state index contributed by atoms with van der Waals surface area (Å²) in [5, 5.41) is 0. The fourth-order valence-corrected chi connectivity index (χ4v) is 6.73. The summed E-state index contributed by atoms with van der Waals surface area (Å²) in [6.07, 6.45) is 10.8. The van der Waals surface area contributed by atoms with Crippen LogP contribution in [0.1, 0.15) is 72.1 Å². The second kappa shape index (κ2) is 5.44. The summed E-state index contributed by atoms with van der Waals surface area (Å²) in [5.74, 6) is 2.33. The molecule has 0 spiro atoms. The molecular formula is C21H30O3. The van der Waals surface area contributed by atoms with Crippen molar-refractivity contribution in [3.63, 3.8) is 0 Å². The number of carbonyl (C=O) groups is 2. The predicted molar refractivity (Wildman–Crippen MR) is 92.3 cm³/mol. The Morgan fingerprint density at radius 3 is 2.58 bits per heavy atom. The molecule has 0 amide bonds. The highest BCUT2D eigenvalue weighted by Gasteiger charge is 2.58. The molecule has 3 heteroatoms. The Labute approximate surface area is 145 Å². The van der Waals surface area contributed by atoms with Gasteiger partial charge in [0.15, 0.2) is 0 Å². The third-order valence-electron chi connectivity index (χ3n) is 8.10. The zero-order valence-corrected chi connectivity index (χ0v) is 15.3. The zero-order valence-electron chi connectivity index (χ0n) is 15.3. The van der Waals surface area contributed by atoms with E-state index in [1.165, 1.54) is 18.9 Å². The first-order valence-electron chi connectivity index (χ1n) is 9.74. The topological polar surface area (TPSA) is 43.4 Å². The summed E-state index contributed by atoms with van der Waals surface area (Å²) in [7, 11) is 0. The zero-order chi connectivity index (χ0) is 17.1. The van der Waals surface area contributed by atoms with Crippen LogP contribution in [0.25, 0.3) is 0 Å². The summed E-state index contributed by atoms with van der Waals surface area (Å²) in [6, 6.07) is 0. The average molecular weight is 330 g/mol. The maximum atomic E-state index is 12.4. The number of ether oxygens (including phenoxy) is 1. The van der Waals surface area contributed by atoms with Crippen molar-refractivity contribution in [3.05, 3.63) is 11.6 Å². The predicted octanol–water partition coefficient (Wildman–Crippen LogP) is 4.45. The number of carbonyl (C=O) groups excluding carboxylic acids is 2. The van der Waals surface area contributed by atoms with E-state index in [0.717, 1.165) is 44.9 Å². The van der Waals surface area contributed by atoms with Gasteiger partial charge in [0.1, 0.15) is 11.9 Å². The number of allylic oxidation sites excluding steroid dienone is 1. The molecule has 0 aromatic heterocycles. The molecule has 4 aliphatic rings. The normalized spacial score (nSPS) is 47.3. The van der Waals surface area contributed by atoms with E-state index in [0.29, 0.717) is 23.5 Å². The number of Topliss-reactive ketones (excluding diaryl/α,β-unsaturated/α-hetero) is 1. The van der Waals surface area contributed by atoms with Crippen molar-refractivity contribution in [3.8, 4) is 0 Å². The van der Waals surface area contributed by atoms with Crippen LogP contribution in [0.3, 0.4) is 0 Å². The van der Waals surface area contributed by atoms with Gasteiger partial charge in [0, 0.05) is 25.2 Å². The van der Waals surface area contributed by atoms with E-state index in [-0.39, 0.29) is 22.9 Å². The number of hydrogen-bond donors (Lipinski definition) is 0. The number of fused-ring (bicyclic) bond motifs is 5. The van der Waals surface area contributed by atoms with Crippen LogP contribution >= 0.6 is 0 Å². The fraction of sp³-hybridized carbons (Fsp3) is 0.810. The first-order chi connectivity index (χ1) is 11.3. The van der Waals surface area contributed by atoms with Gasteiger partial charge in [0.2, 0.25) is 0 Å². The largest absolute Gasteiger partial charge is 0.462 e. The quantitative estimate of drug-likeness (QED) is 0.527. The molecule has 3 saturated carbocycles. The number of rotatable bonds is 1.